The van der Waals surface area contributed by atoms with Crippen molar-refractivity contribution in [2.75, 3.05) is 0 Å². The lowest BCUT2D eigenvalue weighted by molar-refractivity contribution is -0.246. The monoisotopic (exact) mass is 404 g/mol. The number of halogens is 4. The molecule has 1 unspecified atom stereocenters. The minimum absolute atomic E-state index is 0.155. The van der Waals surface area contributed by atoms with Crippen LogP contribution in [0.15, 0.2) is 66.7 Å². The predicted molar refractivity (Wildman–Crippen MR) is 97.6 cm³/mol. The number of fused-ring (bicyclic) bond motifs is 3. The van der Waals surface area contributed by atoms with E-state index in [9.17, 15) is 23.1 Å². The standard InChI is InChI=1S/C21H12ClF3O3/c22-28-19(26)14-5-3-4-12(10-14)13-8-9-16-15-6-1-2-7-17(15)20(27,18(16)11-13)21(23,24)25/h1-11,27H. The van der Waals surface area contributed by atoms with E-state index in [2.05, 4.69) is 4.29 Å². The van der Waals surface area contributed by atoms with Gasteiger partial charge in [0.15, 0.2) is 0 Å². The molecule has 0 bridgehead atoms. The molecule has 3 aromatic carbocycles. The van der Waals surface area contributed by atoms with Crippen molar-refractivity contribution in [2.24, 2.45) is 0 Å². The third kappa shape index (κ3) is 2.60. The zero-order valence-corrected chi connectivity index (χ0v) is 14.9. The summed E-state index contributed by atoms with van der Waals surface area (Å²) < 4.78 is 45.9. The largest absolute Gasteiger partial charge is 0.425 e. The molecule has 0 radical (unpaired) electrons. The van der Waals surface area contributed by atoms with E-state index < -0.39 is 17.7 Å². The molecule has 0 spiro atoms. The molecule has 3 aromatic rings. The van der Waals surface area contributed by atoms with Crippen molar-refractivity contribution in [2.45, 2.75) is 11.8 Å². The van der Waals surface area contributed by atoms with Gasteiger partial charge >= 0.3 is 12.1 Å². The number of rotatable bonds is 2. The summed E-state index contributed by atoms with van der Waals surface area (Å²) in [5.41, 5.74) is -1.85. The van der Waals surface area contributed by atoms with Gasteiger partial charge in [0.2, 0.25) is 5.60 Å². The summed E-state index contributed by atoms with van der Waals surface area (Å²) in [6.45, 7) is 0. The zero-order valence-electron chi connectivity index (χ0n) is 14.1. The molecule has 0 fully saturated rings. The van der Waals surface area contributed by atoms with E-state index in [1.807, 2.05) is 0 Å². The Labute approximate surface area is 163 Å². The van der Waals surface area contributed by atoms with Crippen LogP contribution in [-0.4, -0.2) is 17.3 Å². The van der Waals surface area contributed by atoms with Crippen LogP contribution in [0.3, 0.4) is 0 Å². The van der Waals surface area contributed by atoms with Crippen LogP contribution in [0, 0.1) is 0 Å². The fourth-order valence-electron chi connectivity index (χ4n) is 3.61. The van der Waals surface area contributed by atoms with Crippen LogP contribution in [0.4, 0.5) is 13.2 Å². The van der Waals surface area contributed by atoms with Crippen LogP contribution in [0.25, 0.3) is 22.3 Å². The first kappa shape index (κ1) is 18.5. The molecule has 7 heteroatoms. The molecule has 0 aliphatic heterocycles. The lowest BCUT2D eigenvalue weighted by Gasteiger charge is -2.28. The van der Waals surface area contributed by atoms with Crippen molar-refractivity contribution in [3.63, 3.8) is 0 Å². The molecule has 0 amide bonds. The first-order valence-electron chi connectivity index (χ1n) is 8.24. The van der Waals surface area contributed by atoms with Crippen LogP contribution in [0.5, 0.6) is 0 Å². The Kier molecular flexibility index (Phi) is 4.21. The maximum absolute atomic E-state index is 13.9. The van der Waals surface area contributed by atoms with Gasteiger partial charge in [-0.2, -0.15) is 13.2 Å². The number of carbonyl (C=O) groups excluding carboxylic acids is 1. The van der Waals surface area contributed by atoms with Gasteiger partial charge in [0.05, 0.1) is 5.56 Å². The predicted octanol–water partition coefficient (Wildman–Crippen LogP) is 5.44. The molecular weight excluding hydrogens is 393 g/mol. The number of benzene rings is 3. The molecule has 0 saturated heterocycles. The Bertz CT molecular complexity index is 1090. The number of aliphatic hydroxyl groups is 1. The summed E-state index contributed by atoms with van der Waals surface area (Å²) in [6.07, 6.45) is -4.91. The summed E-state index contributed by atoms with van der Waals surface area (Å²) in [5, 5.41) is 10.8. The summed E-state index contributed by atoms with van der Waals surface area (Å²) >= 11 is 5.09. The molecule has 28 heavy (non-hydrogen) atoms. The summed E-state index contributed by atoms with van der Waals surface area (Å²) in [4.78, 5) is 11.6. The molecular formula is C21H12ClF3O3. The summed E-state index contributed by atoms with van der Waals surface area (Å²) in [5.74, 6) is -0.774. The number of alkyl halides is 3. The highest BCUT2D eigenvalue weighted by molar-refractivity contribution is 6.15. The molecule has 1 aliphatic carbocycles. The van der Waals surface area contributed by atoms with Crippen LogP contribution >= 0.6 is 11.9 Å². The maximum atomic E-state index is 13.9. The highest BCUT2D eigenvalue weighted by Crippen LogP contribution is 2.55. The smallest absolute Gasteiger partial charge is 0.372 e. The van der Waals surface area contributed by atoms with Gasteiger partial charge in [-0.25, -0.2) is 4.79 Å². The van der Waals surface area contributed by atoms with E-state index in [0.717, 1.165) is 0 Å². The molecule has 0 saturated carbocycles. The van der Waals surface area contributed by atoms with E-state index in [4.69, 9.17) is 11.9 Å². The first-order valence-corrected chi connectivity index (χ1v) is 8.55. The van der Waals surface area contributed by atoms with Gasteiger partial charge in [-0.05, 0) is 40.5 Å². The van der Waals surface area contributed by atoms with Crippen LogP contribution in [0.2, 0.25) is 0 Å². The van der Waals surface area contributed by atoms with Gasteiger partial charge in [-0.15, -0.1) is 0 Å². The lowest BCUT2D eigenvalue weighted by atomic mass is 9.89. The normalized spacial score (nSPS) is 17.8. The molecule has 142 valence electrons. The van der Waals surface area contributed by atoms with Gasteiger partial charge in [0.25, 0.3) is 0 Å². The van der Waals surface area contributed by atoms with Crippen molar-refractivity contribution >= 4 is 17.8 Å². The van der Waals surface area contributed by atoms with Crippen LogP contribution < -0.4 is 0 Å². The minimum atomic E-state index is -4.91. The fourth-order valence-corrected chi connectivity index (χ4v) is 3.70. The fraction of sp³-hybridized carbons (Fsp3) is 0.0952. The van der Waals surface area contributed by atoms with Crippen molar-refractivity contribution in [1.82, 2.24) is 0 Å². The first-order chi connectivity index (χ1) is 13.3. The average Bonchev–Trinajstić information content (AvgIpc) is 2.97. The maximum Gasteiger partial charge on any atom is 0.425 e. The van der Waals surface area contributed by atoms with Crippen LogP contribution in [-0.2, 0) is 9.89 Å². The molecule has 1 N–H and O–H groups in total. The second-order valence-corrected chi connectivity index (χ2v) is 6.61. The van der Waals surface area contributed by atoms with E-state index in [1.165, 1.54) is 30.3 Å². The van der Waals surface area contributed by atoms with Crippen molar-refractivity contribution in [3.05, 3.63) is 83.4 Å². The van der Waals surface area contributed by atoms with Gasteiger partial charge < -0.3 is 9.40 Å². The minimum Gasteiger partial charge on any atom is -0.372 e. The average molecular weight is 405 g/mol. The van der Waals surface area contributed by atoms with E-state index in [1.54, 1.807) is 36.4 Å². The van der Waals surface area contributed by atoms with Crippen molar-refractivity contribution in [3.8, 4) is 22.3 Å². The Hall–Kier alpha value is -2.83. The molecule has 4 rings (SSSR count). The lowest BCUT2D eigenvalue weighted by Crippen LogP contribution is -2.41. The number of hydrogen-bond donors (Lipinski definition) is 1. The molecule has 1 aliphatic rings. The Morgan fingerprint density at radius 1 is 0.893 bits per heavy atom. The van der Waals surface area contributed by atoms with E-state index >= 15 is 0 Å². The number of hydrogen-bond acceptors (Lipinski definition) is 3. The third-order valence-electron chi connectivity index (χ3n) is 4.93. The highest BCUT2D eigenvalue weighted by atomic mass is 35.5. The van der Waals surface area contributed by atoms with Crippen molar-refractivity contribution < 1.29 is 27.4 Å². The second-order valence-electron chi connectivity index (χ2n) is 6.46. The summed E-state index contributed by atoms with van der Waals surface area (Å²) in [6, 6.07) is 16.5. The Morgan fingerprint density at radius 3 is 2.29 bits per heavy atom. The Balaban J connectivity index is 1.91. The molecule has 0 heterocycles. The molecule has 1 atom stereocenters. The quantitative estimate of drug-likeness (QED) is 0.618. The summed E-state index contributed by atoms with van der Waals surface area (Å²) in [7, 11) is 0. The van der Waals surface area contributed by atoms with Crippen LogP contribution in [0.1, 0.15) is 21.5 Å². The van der Waals surface area contributed by atoms with Gasteiger partial charge in [0.1, 0.15) is 11.9 Å². The van der Waals surface area contributed by atoms with Gasteiger partial charge in [-0.1, -0.05) is 48.5 Å². The molecule has 3 nitrogen and oxygen atoms in total. The highest BCUT2D eigenvalue weighted by Gasteiger charge is 2.60. The van der Waals surface area contributed by atoms with Crippen molar-refractivity contribution in [1.29, 1.82) is 0 Å². The SMILES string of the molecule is O=C(OCl)c1cccc(-c2ccc3c(c2)C(O)(C(F)(F)F)c2ccccc2-3)c1. The zero-order chi connectivity index (χ0) is 20.1. The second kappa shape index (κ2) is 6.36. The van der Waals surface area contributed by atoms with E-state index in [0.29, 0.717) is 22.3 Å². The Morgan fingerprint density at radius 2 is 1.57 bits per heavy atom. The molecule has 0 aromatic heterocycles. The van der Waals surface area contributed by atoms with Gasteiger partial charge in [0, 0.05) is 11.1 Å². The third-order valence-corrected chi connectivity index (χ3v) is 5.07. The van der Waals surface area contributed by atoms with Gasteiger partial charge in [-0.3, -0.25) is 0 Å². The topological polar surface area (TPSA) is 46.5 Å². The van der Waals surface area contributed by atoms with E-state index in [-0.39, 0.29) is 16.7 Å². The number of carbonyl (C=O) groups is 1.